The van der Waals surface area contributed by atoms with Gasteiger partial charge in [0.25, 0.3) is 0 Å². The van der Waals surface area contributed by atoms with Gasteiger partial charge in [0.05, 0.1) is 5.92 Å². The highest BCUT2D eigenvalue weighted by Crippen LogP contribution is 2.29. The quantitative estimate of drug-likeness (QED) is 0.799. The summed E-state index contributed by atoms with van der Waals surface area (Å²) in [5, 5.41) is 2.41. The van der Waals surface area contributed by atoms with Crippen LogP contribution in [0.1, 0.15) is 26.2 Å². The van der Waals surface area contributed by atoms with Crippen LogP contribution < -0.4 is 5.32 Å². The maximum Gasteiger partial charge on any atom is 0.245 e. The van der Waals surface area contributed by atoms with Gasteiger partial charge in [-0.25, -0.2) is 8.78 Å². The molecule has 1 saturated carbocycles. The molecular formula is C11H16F2N2O2. The molecule has 0 aromatic heterocycles. The lowest BCUT2D eigenvalue weighted by molar-refractivity contribution is -0.135. The molecule has 2 rings (SSSR count). The molecule has 4 nitrogen and oxygen atoms in total. The summed E-state index contributed by atoms with van der Waals surface area (Å²) in [6.45, 7) is 2.05. The number of rotatable bonds is 3. The maximum absolute atomic E-state index is 12.4. The third-order valence-electron chi connectivity index (χ3n) is 3.22. The van der Waals surface area contributed by atoms with Gasteiger partial charge in [0.2, 0.25) is 18.2 Å². The van der Waals surface area contributed by atoms with Gasteiger partial charge in [-0.05, 0) is 12.8 Å². The van der Waals surface area contributed by atoms with Crippen molar-refractivity contribution in [2.45, 2.75) is 44.7 Å². The van der Waals surface area contributed by atoms with Gasteiger partial charge in [-0.1, -0.05) is 6.92 Å². The van der Waals surface area contributed by atoms with Crippen LogP contribution in [0.5, 0.6) is 0 Å². The van der Waals surface area contributed by atoms with Gasteiger partial charge in [0.1, 0.15) is 6.04 Å². The number of hydrogen-bond acceptors (Lipinski definition) is 2. The van der Waals surface area contributed by atoms with Crippen molar-refractivity contribution in [3.63, 3.8) is 0 Å². The molecule has 0 radical (unpaired) electrons. The summed E-state index contributed by atoms with van der Waals surface area (Å²) in [6, 6.07) is -0.911. The predicted molar refractivity (Wildman–Crippen MR) is 56.5 cm³/mol. The lowest BCUT2D eigenvalue weighted by atomic mass is 10.1. The van der Waals surface area contributed by atoms with Gasteiger partial charge in [0, 0.05) is 19.0 Å². The number of nitrogens with one attached hydrogen (secondary N) is 1. The summed E-state index contributed by atoms with van der Waals surface area (Å²) in [5.41, 5.74) is 0. The van der Waals surface area contributed by atoms with E-state index in [9.17, 15) is 18.4 Å². The summed E-state index contributed by atoms with van der Waals surface area (Å²) in [4.78, 5) is 25.2. The van der Waals surface area contributed by atoms with Crippen LogP contribution >= 0.6 is 0 Å². The second kappa shape index (κ2) is 4.58. The molecule has 2 aliphatic rings. The van der Waals surface area contributed by atoms with Crippen molar-refractivity contribution in [1.82, 2.24) is 10.2 Å². The van der Waals surface area contributed by atoms with Crippen LogP contribution in [0, 0.1) is 5.92 Å². The zero-order chi connectivity index (χ0) is 12.6. The number of alkyl halides is 2. The molecule has 96 valence electrons. The Bertz CT molecular complexity index is 331. The summed E-state index contributed by atoms with van der Waals surface area (Å²) >= 11 is 0. The number of halogens is 2. The van der Waals surface area contributed by atoms with Crippen LogP contribution in [0.4, 0.5) is 8.78 Å². The topological polar surface area (TPSA) is 49.4 Å². The molecule has 2 amide bonds. The van der Waals surface area contributed by atoms with Crippen molar-refractivity contribution in [1.29, 1.82) is 0 Å². The fourth-order valence-electron chi connectivity index (χ4n) is 2.10. The third kappa shape index (κ3) is 2.73. The van der Waals surface area contributed by atoms with E-state index >= 15 is 0 Å². The molecule has 0 spiro atoms. The van der Waals surface area contributed by atoms with Gasteiger partial charge in [-0.3, -0.25) is 9.59 Å². The number of carbonyl (C=O) groups is 2. The first-order valence-electron chi connectivity index (χ1n) is 5.88. The van der Waals surface area contributed by atoms with Crippen LogP contribution in [0.25, 0.3) is 0 Å². The fraction of sp³-hybridized carbons (Fsp3) is 0.818. The van der Waals surface area contributed by atoms with Gasteiger partial charge in [-0.15, -0.1) is 0 Å². The van der Waals surface area contributed by atoms with Gasteiger partial charge < -0.3 is 10.2 Å². The predicted octanol–water partition coefficient (Wildman–Crippen LogP) is 0.767. The Morgan fingerprint density at radius 1 is 1.41 bits per heavy atom. The second-order valence-corrected chi connectivity index (χ2v) is 4.81. The van der Waals surface area contributed by atoms with E-state index in [1.807, 2.05) is 0 Å². The molecular weight excluding hydrogens is 230 g/mol. The molecule has 1 heterocycles. The van der Waals surface area contributed by atoms with E-state index in [1.54, 1.807) is 11.8 Å². The van der Waals surface area contributed by atoms with E-state index in [-0.39, 0.29) is 23.8 Å². The highest BCUT2D eigenvalue weighted by Gasteiger charge is 2.41. The third-order valence-corrected chi connectivity index (χ3v) is 3.22. The lowest BCUT2D eigenvalue weighted by Gasteiger charge is -2.24. The molecule has 17 heavy (non-hydrogen) atoms. The van der Waals surface area contributed by atoms with Crippen LogP contribution in [-0.2, 0) is 9.59 Å². The first kappa shape index (κ1) is 12.3. The Hall–Kier alpha value is -1.20. The minimum absolute atomic E-state index is 0.151. The van der Waals surface area contributed by atoms with Crippen LogP contribution in [-0.4, -0.2) is 41.8 Å². The molecule has 6 heteroatoms. The van der Waals surface area contributed by atoms with Crippen molar-refractivity contribution in [3.05, 3.63) is 0 Å². The monoisotopic (exact) mass is 246 g/mol. The van der Waals surface area contributed by atoms with E-state index in [0.29, 0.717) is 6.54 Å². The molecule has 2 unspecified atom stereocenters. The molecule has 0 aromatic carbocycles. The smallest absolute Gasteiger partial charge is 0.245 e. The maximum atomic E-state index is 12.4. The zero-order valence-electron chi connectivity index (χ0n) is 9.66. The summed E-state index contributed by atoms with van der Waals surface area (Å²) in [5.74, 6) is -1.00. The number of hydrogen-bond donors (Lipinski definition) is 1. The van der Waals surface area contributed by atoms with Crippen molar-refractivity contribution >= 4 is 11.8 Å². The lowest BCUT2D eigenvalue weighted by Crippen LogP contribution is -2.46. The molecule has 1 aliphatic carbocycles. The Labute approximate surface area is 98.3 Å². The standard InChI is InChI=1S/C11H16F2N2O2/c1-6-5-15(7-2-3-7)11(17)8(4-9(12)13)14-10(6)16/h6-9H,2-5H2,1H3,(H,14,16). The highest BCUT2D eigenvalue weighted by atomic mass is 19.3. The largest absolute Gasteiger partial charge is 0.344 e. The zero-order valence-corrected chi connectivity index (χ0v) is 9.66. The van der Waals surface area contributed by atoms with E-state index in [1.165, 1.54) is 0 Å². The van der Waals surface area contributed by atoms with Gasteiger partial charge in [0.15, 0.2) is 0 Å². The molecule has 2 atom stereocenters. The average molecular weight is 246 g/mol. The average Bonchev–Trinajstić information content (AvgIpc) is 3.05. The molecule has 1 aliphatic heterocycles. The van der Waals surface area contributed by atoms with E-state index in [2.05, 4.69) is 5.32 Å². The molecule has 0 aromatic rings. The molecule has 1 N–H and O–H groups in total. The molecule has 0 bridgehead atoms. The Kier molecular flexibility index (Phi) is 3.31. The van der Waals surface area contributed by atoms with Crippen LogP contribution in [0.3, 0.4) is 0 Å². The minimum Gasteiger partial charge on any atom is -0.344 e. The number of amides is 2. The second-order valence-electron chi connectivity index (χ2n) is 4.81. The highest BCUT2D eigenvalue weighted by molar-refractivity contribution is 5.91. The minimum atomic E-state index is -2.58. The fourth-order valence-corrected chi connectivity index (χ4v) is 2.10. The summed E-state index contributed by atoms with van der Waals surface area (Å²) < 4.78 is 24.7. The summed E-state index contributed by atoms with van der Waals surface area (Å²) in [7, 11) is 0. The van der Waals surface area contributed by atoms with Gasteiger partial charge in [-0.2, -0.15) is 0 Å². The van der Waals surface area contributed by atoms with Crippen molar-refractivity contribution in [3.8, 4) is 0 Å². The SMILES string of the molecule is CC1CN(C2CC2)C(=O)C(CC(F)F)NC1=O. The Morgan fingerprint density at radius 3 is 2.59 bits per heavy atom. The number of carbonyl (C=O) groups excluding carboxylic acids is 2. The van der Waals surface area contributed by atoms with E-state index in [0.717, 1.165) is 12.8 Å². The van der Waals surface area contributed by atoms with Crippen LogP contribution in [0.15, 0.2) is 0 Å². The molecule has 2 fully saturated rings. The van der Waals surface area contributed by atoms with Crippen molar-refractivity contribution in [2.24, 2.45) is 5.92 Å². The van der Waals surface area contributed by atoms with Crippen molar-refractivity contribution < 1.29 is 18.4 Å². The normalized spacial score (nSPS) is 30.5. The van der Waals surface area contributed by atoms with Gasteiger partial charge >= 0.3 is 0 Å². The summed E-state index contributed by atoms with van der Waals surface area (Å²) in [6.07, 6.45) is -1.36. The van der Waals surface area contributed by atoms with E-state index in [4.69, 9.17) is 0 Å². The van der Waals surface area contributed by atoms with Crippen LogP contribution in [0.2, 0.25) is 0 Å². The first-order chi connectivity index (χ1) is 7.99. The Balaban J connectivity index is 2.13. The Morgan fingerprint density at radius 2 is 2.06 bits per heavy atom. The number of nitrogens with zero attached hydrogens (tertiary/aromatic N) is 1. The first-order valence-corrected chi connectivity index (χ1v) is 5.88. The van der Waals surface area contributed by atoms with E-state index < -0.39 is 18.9 Å². The van der Waals surface area contributed by atoms with Crippen molar-refractivity contribution in [2.75, 3.05) is 6.54 Å². The molecule has 1 saturated heterocycles.